The molecule has 0 fully saturated rings. The zero-order chi connectivity index (χ0) is 20.5. The predicted octanol–water partition coefficient (Wildman–Crippen LogP) is 5.15. The van der Waals surface area contributed by atoms with E-state index >= 15 is 0 Å². The van der Waals surface area contributed by atoms with Crippen molar-refractivity contribution < 1.29 is 18.3 Å². The molecule has 28 heavy (non-hydrogen) atoms. The molecule has 0 bridgehead atoms. The fraction of sp³-hybridized carbons (Fsp3) is 0.316. The predicted molar refractivity (Wildman–Crippen MR) is 102 cm³/mol. The molecule has 0 atom stereocenters. The highest BCUT2D eigenvalue weighted by atomic mass is 32.1. The van der Waals surface area contributed by atoms with E-state index in [0.29, 0.717) is 10.7 Å². The Morgan fingerprint density at radius 1 is 1.14 bits per heavy atom. The molecule has 0 amide bonds. The van der Waals surface area contributed by atoms with Gasteiger partial charge in [0.1, 0.15) is 16.3 Å². The molecular formula is C19H19F3N4OS. The molecule has 2 aromatic heterocycles. The maximum Gasteiger partial charge on any atom is 0.433 e. The number of rotatable bonds is 5. The van der Waals surface area contributed by atoms with Crippen molar-refractivity contribution in [2.24, 2.45) is 0 Å². The molecule has 3 aromatic rings. The number of alkyl halides is 3. The summed E-state index contributed by atoms with van der Waals surface area (Å²) in [6, 6.07) is 6.45. The summed E-state index contributed by atoms with van der Waals surface area (Å²) in [4.78, 5) is 12.5. The van der Waals surface area contributed by atoms with E-state index in [9.17, 15) is 18.3 Å². The van der Waals surface area contributed by atoms with Crippen LogP contribution >= 0.6 is 11.3 Å². The minimum absolute atomic E-state index is 0.129. The molecule has 0 aliphatic heterocycles. The number of aliphatic hydroxyl groups is 1. The second kappa shape index (κ2) is 7.48. The molecule has 9 heteroatoms. The van der Waals surface area contributed by atoms with Crippen LogP contribution in [0.3, 0.4) is 0 Å². The van der Waals surface area contributed by atoms with Crippen molar-refractivity contribution in [3.8, 4) is 10.4 Å². The van der Waals surface area contributed by atoms with Crippen LogP contribution in [0.5, 0.6) is 0 Å². The first-order valence-electron chi connectivity index (χ1n) is 8.56. The fourth-order valence-electron chi connectivity index (χ4n) is 2.51. The molecule has 0 radical (unpaired) electrons. The van der Waals surface area contributed by atoms with Gasteiger partial charge in [-0.1, -0.05) is 13.0 Å². The first-order chi connectivity index (χ1) is 13.1. The summed E-state index contributed by atoms with van der Waals surface area (Å²) in [6.45, 7) is 5.31. The van der Waals surface area contributed by atoms with Crippen LogP contribution in [0.25, 0.3) is 10.4 Å². The Kier molecular flexibility index (Phi) is 5.40. The minimum Gasteiger partial charge on any atom is -0.383 e. The molecule has 0 spiro atoms. The summed E-state index contributed by atoms with van der Waals surface area (Å²) in [7, 11) is 0. The molecule has 2 N–H and O–H groups in total. The molecule has 1 aromatic carbocycles. The lowest BCUT2D eigenvalue weighted by Crippen LogP contribution is -2.14. The SMILES string of the molecule is CCc1cc(Nc2nccc(C(F)(F)F)n2)cc(-c2cnc(C(C)(C)O)s2)c1. The lowest BCUT2D eigenvalue weighted by Gasteiger charge is -2.12. The van der Waals surface area contributed by atoms with Gasteiger partial charge in [-0.3, -0.25) is 0 Å². The summed E-state index contributed by atoms with van der Waals surface area (Å²) >= 11 is 1.36. The molecule has 2 heterocycles. The van der Waals surface area contributed by atoms with Gasteiger partial charge in [0.05, 0.1) is 4.88 Å². The van der Waals surface area contributed by atoms with E-state index in [4.69, 9.17) is 0 Å². The smallest absolute Gasteiger partial charge is 0.383 e. The maximum atomic E-state index is 12.9. The number of hydrogen-bond acceptors (Lipinski definition) is 6. The van der Waals surface area contributed by atoms with Gasteiger partial charge in [-0.25, -0.2) is 15.0 Å². The molecule has 0 saturated carbocycles. The Morgan fingerprint density at radius 3 is 2.50 bits per heavy atom. The van der Waals surface area contributed by atoms with Crippen molar-refractivity contribution in [2.75, 3.05) is 5.32 Å². The minimum atomic E-state index is -4.54. The number of halogens is 3. The van der Waals surface area contributed by atoms with E-state index in [1.807, 2.05) is 19.1 Å². The molecule has 5 nitrogen and oxygen atoms in total. The average molecular weight is 408 g/mol. The molecule has 0 saturated heterocycles. The highest BCUT2D eigenvalue weighted by Gasteiger charge is 2.32. The molecule has 3 rings (SSSR count). The lowest BCUT2D eigenvalue weighted by atomic mass is 10.1. The van der Waals surface area contributed by atoms with Gasteiger partial charge in [-0.15, -0.1) is 11.3 Å². The van der Waals surface area contributed by atoms with Gasteiger partial charge < -0.3 is 10.4 Å². The maximum absolute atomic E-state index is 12.9. The van der Waals surface area contributed by atoms with E-state index in [0.717, 1.165) is 34.7 Å². The van der Waals surface area contributed by atoms with Crippen molar-refractivity contribution in [3.63, 3.8) is 0 Å². The van der Waals surface area contributed by atoms with Crippen molar-refractivity contribution in [2.45, 2.75) is 39.0 Å². The molecule has 0 aliphatic carbocycles. The second-order valence-electron chi connectivity index (χ2n) is 6.75. The fourth-order valence-corrected chi connectivity index (χ4v) is 3.41. The monoisotopic (exact) mass is 408 g/mol. The van der Waals surface area contributed by atoms with E-state index in [2.05, 4.69) is 20.3 Å². The molecule has 148 valence electrons. The molecule has 0 unspecified atom stereocenters. The third kappa shape index (κ3) is 4.66. The van der Waals surface area contributed by atoms with E-state index < -0.39 is 17.5 Å². The molecule has 0 aliphatic rings. The van der Waals surface area contributed by atoms with Gasteiger partial charge in [0.2, 0.25) is 5.95 Å². The van der Waals surface area contributed by atoms with Gasteiger partial charge in [0.25, 0.3) is 0 Å². The topological polar surface area (TPSA) is 70.9 Å². The van der Waals surface area contributed by atoms with Crippen molar-refractivity contribution >= 4 is 23.0 Å². The van der Waals surface area contributed by atoms with E-state index in [1.54, 1.807) is 26.1 Å². The Morgan fingerprint density at radius 2 is 1.89 bits per heavy atom. The van der Waals surface area contributed by atoms with Crippen LogP contribution in [0.4, 0.5) is 24.8 Å². The number of benzene rings is 1. The van der Waals surface area contributed by atoms with Crippen LogP contribution in [-0.4, -0.2) is 20.1 Å². The number of anilines is 2. The Bertz CT molecular complexity index is 980. The van der Waals surface area contributed by atoms with Crippen LogP contribution in [0.2, 0.25) is 0 Å². The summed E-state index contributed by atoms with van der Waals surface area (Å²) < 4.78 is 38.6. The van der Waals surface area contributed by atoms with Crippen LogP contribution < -0.4 is 5.32 Å². The largest absolute Gasteiger partial charge is 0.433 e. The van der Waals surface area contributed by atoms with Crippen molar-refractivity contribution in [3.05, 3.63) is 52.9 Å². The highest BCUT2D eigenvalue weighted by molar-refractivity contribution is 7.15. The van der Waals surface area contributed by atoms with Crippen LogP contribution in [0.15, 0.2) is 36.7 Å². The number of nitrogens with one attached hydrogen (secondary N) is 1. The molecular weight excluding hydrogens is 389 g/mol. The van der Waals surface area contributed by atoms with Crippen LogP contribution in [0, 0.1) is 0 Å². The average Bonchev–Trinajstić information content (AvgIpc) is 3.11. The zero-order valence-corrected chi connectivity index (χ0v) is 16.3. The summed E-state index contributed by atoms with van der Waals surface area (Å²) in [5.41, 5.74) is 0.367. The van der Waals surface area contributed by atoms with Gasteiger partial charge in [-0.2, -0.15) is 13.2 Å². The number of nitrogens with zero attached hydrogens (tertiary/aromatic N) is 3. The van der Waals surface area contributed by atoms with E-state index in [1.165, 1.54) is 11.3 Å². The van der Waals surface area contributed by atoms with Crippen LogP contribution in [-0.2, 0) is 18.2 Å². The Balaban J connectivity index is 1.95. The summed E-state index contributed by atoms with van der Waals surface area (Å²) in [5.74, 6) is -0.129. The highest BCUT2D eigenvalue weighted by Crippen LogP contribution is 2.34. The quantitative estimate of drug-likeness (QED) is 0.611. The number of aromatic nitrogens is 3. The van der Waals surface area contributed by atoms with Gasteiger partial charge >= 0.3 is 6.18 Å². The number of thiazole rings is 1. The first kappa shape index (κ1) is 20.2. The Labute approximate surface area is 164 Å². The number of hydrogen-bond donors (Lipinski definition) is 2. The van der Waals surface area contributed by atoms with Crippen molar-refractivity contribution in [1.29, 1.82) is 0 Å². The van der Waals surface area contributed by atoms with Gasteiger partial charge in [0.15, 0.2) is 0 Å². The van der Waals surface area contributed by atoms with Gasteiger partial charge in [0, 0.05) is 18.1 Å². The first-order valence-corrected chi connectivity index (χ1v) is 9.38. The van der Waals surface area contributed by atoms with Crippen LogP contribution in [0.1, 0.15) is 37.0 Å². The normalized spacial score (nSPS) is 12.2. The zero-order valence-electron chi connectivity index (χ0n) is 15.5. The van der Waals surface area contributed by atoms with Crippen molar-refractivity contribution in [1.82, 2.24) is 15.0 Å². The summed E-state index contributed by atoms with van der Waals surface area (Å²) in [5, 5.41) is 13.6. The third-order valence-corrected chi connectivity index (χ3v) is 5.28. The summed E-state index contributed by atoms with van der Waals surface area (Å²) in [6.07, 6.45) is -1.05. The third-order valence-electron chi connectivity index (χ3n) is 3.92. The second-order valence-corrected chi connectivity index (χ2v) is 7.78. The standard InChI is InChI=1S/C19H19F3N4OS/c1-4-11-7-12(14-10-24-16(28-14)18(2,3)27)9-13(8-11)25-17-23-6-5-15(26-17)19(20,21)22/h5-10,27H,4H2,1-3H3,(H,23,25,26). The van der Waals surface area contributed by atoms with Gasteiger partial charge in [-0.05, 0) is 49.6 Å². The lowest BCUT2D eigenvalue weighted by molar-refractivity contribution is -0.141. The Hall–Kier alpha value is -2.52. The van der Waals surface area contributed by atoms with E-state index in [-0.39, 0.29) is 5.95 Å². The number of aryl methyl sites for hydroxylation is 1.